The second-order valence-electron chi connectivity index (χ2n) is 4.14. The Balaban J connectivity index is 2.09. The number of nitrogen functional groups attached to an aromatic ring is 1. The van der Waals surface area contributed by atoms with E-state index in [0.717, 1.165) is 12.0 Å². The summed E-state index contributed by atoms with van der Waals surface area (Å²) in [5.41, 5.74) is 3.66. The van der Waals surface area contributed by atoms with Crippen molar-refractivity contribution in [2.75, 3.05) is 0 Å². The van der Waals surface area contributed by atoms with E-state index >= 15 is 0 Å². The van der Waals surface area contributed by atoms with Gasteiger partial charge in [0.2, 0.25) is 0 Å². The number of ether oxygens (including phenoxy) is 1. The third kappa shape index (κ3) is 3.12. The lowest BCUT2D eigenvalue weighted by atomic mass is 10.1. The van der Waals surface area contributed by atoms with Gasteiger partial charge in [0, 0.05) is 10.6 Å². The van der Waals surface area contributed by atoms with E-state index in [-0.39, 0.29) is 12.4 Å². The second kappa shape index (κ2) is 6.45. The maximum absolute atomic E-state index is 11.4. The highest BCUT2D eigenvalue weighted by Crippen LogP contribution is 2.23. The van der Waals surface area contributed by atoms with Crippen molar-refractivity contribution >= 4 is 17.5 Å². The Morgan fingerprint density at radius 2 is 2.20 bits per heavy atom. The number of halogens is 1. The topological polar surface area (TPSA) is 77.5 Å². The molecule has 0 aliphatic rings. The Hall–Kier alpha value is -1.98. The molecule has 3 N–H and O–H groups in total. The molecule has 0 aliphatic heterocycles. The summed E-state index contributed by atoms with van der Waals surface area (Å²) in [6, 6.07) is 7.12. The fourth-order valence-electron chi connectivity index (χ4n) is 1.79. The van der Waals surface area contributed by atoms with Crippen LogP contribution in [0.25, 0.3) is 0 Å². The molecule has 1 aromatic heterocycles. The number of nitrogens with two attached hydrogens (primary N) is 1. The van der Waals surface area contributed by atoms with Crippen LogP contribution in [0.3, 0.4) is 0 Å². The summed E-state index contributed by atoms with van der Waals surface area (Å²) in [5.74, 6) is 5.43. The fourth-order valence-corrected chi connectivity index (χ4v) is 2.04. The van der Waals surface area contributed by atoms with Gasteiger partial charge in [-0.15, -0.1) is 0 Å². The van der Waals surface area contributed by atoms with E-state index in [1.807, 2.05) is 18.4 Å². The van der Waals surface area contributed by atoms with E-state index in [2.05, 4.69) is 0 Å². The first-order valence-corrected chi connectivity index (χ1v) is 6.52. The zero-order valence-corrected chi connectivity index (χ0v) is 11.7. The molecule has 0 unspecified atom stereocenters. The smallest absolute Gasteiger partial charge is 0.301 e. The van der Waals surface area contributed by atoms with Gasteiger partial charge in [-0.25, -0.2) is 5.84 Å². The van der Waals surface area contributed by atoms with Gasteiger partial charge in [0.1, 0.15) is 12.4 Å². The number of hydrogen-bond acceptors (Lipinski definition) is 4. The summed E-state index contributed by atoms with van der Waals surface area (Å²) < 4.78 is 10.7. The summed E-state index contributed by atoms with van der Waals surface area (Å²) in [4.78, 5) is 11.4. The minimum Gasteiger partial charge on any atom is -0.489 e. The van der Waals surface area contributed by atoms with Gasteiger partial charge < -0.3 is 9.15 Å². The molecule has 0 spiro atoms. The summed E-state index contributed by atoms with van der Waals surface area (Å²) in [5, 5.41) is 0.714. The van der Waals surface area contributed by atoms with Crippen molar-refractivity contribution in [2.24, 2.45) is 5.84 Å². The average molecular weight is 295 g/mol. The summed E-state index contributed by atoms with van der Waals surface area (Å²) in [7, 11) is 0. The van der Waals surface area contributed by atoms with Gasteiger partial charge in [0.15, 0.2) is 5.76 Å². The van der Waals surface area contributed by atoms with E-state index in [0.29, 0.717) is 16.3 Å². The Morgan fingerprint density at radius 1 is 1.40 bits per heavy atom. The van der Waals surface area contributed by atoms with Gasteiger partial charge in [0.05, 0.1) is 6.26 Å². The number of nitrogens with one attached hydrogen (secondary N) is 1. The SMILES string of the molecule is CCc1cc(OCc2ccoc2C(=O)NN)ccc1Cl. The Labute approximate surface area is 121 Å². The van der Waals surface area contributed by atoms with Crippen LogP contribution in [-0.4, -0.2) is 5.91 Å². The van der Waals surface area contributed by atoms with Crippen molar-refractivity contribution in [2.45, 2.75) is 20.0 Å². The zero-order chi connectivity index (χ0) is 14.5. The summed E-state index contributed by atoms with van der Waals surface area (Å²) >= 11 is 6.04. The largest absolute Gasteiger partial charge is 0.489 e. The highest BCUT2D eigenvalue weighted by molar-refractivity contribution is 6.31. The summed E-state index contributed by atoms with van der Waals surface area (Å²) in [6.07, 6.45) is 2.24. The number of carbonyl (C=O) groups is 1. The number of aryl methyl sites for hydroxylation is 1. The molecule has 0 aliphatic carbocycles. The van der Waals surface area contributed by atoms with Crippen LogP contribution in [0.5, 0.6) is 5.75 Å². The number of hydrogen-bond donors (Lipinski definition) is 2. The van der Waals surface area contributed by atoms with E-state index < -0.39 is 5.91 Å². The summed E-state index contributed by atoms with van der Waals surface area (Å²) in [6.45, 7) is 2.23. The van der Waals surface area contributed by atoms with Crippen molar-refractivity contribution in [3.05, 3.63) is 52.4 Å². The molecule has 20 heavy (non-hydrogen) atoms. The maximum Gasteiger partial charge on any atom is 0.301 e. The molecule has 0 saturated heterocycles. The third-order valence-corrected chi connectivity index (χ3v) is 3.25. The highest BCUT2D eigenvalue weighted by atomic mass is 35.5. The van der Waals surface area contributed by atoms with Crippen molar-refractivity contribution < 1.29 is 13.9 Å². The molecule has 0 radical (unpaired) electrons. The number of rotatable bonds is 5. The quantitative estimate of drug-likeness (QED) is 0.505. The molecule has 0 bridgehead atoms. The van der Waals surface area contributed by atoms with E-state index in [9.17, 15) is 4.79 Å². The Kier molecular flexibility index (Phi) is 4.65. The van der Waals surface area contributed by atoms with Gasteiger partial charge in [-0.1, -0.05) is 18.5 Å². The Bertz CT molecular complexity index is 610. The number of carbonyl (C=O) groups excluding carboxylic acids is 1. The number of amides is 1. The minimum atomic E-state index is -0.487. The molecule has 1 aromatic carbocycles. The average Bonchev–Trinajstić information content (AvgIpc) is 2.94. The monoisotopic (exact) mass is 294 g/mol. The van der Waals surface area contributed by atoms with Gasteiger partial charge in [-0.2, -0.15) is 0 Å². The first-order valence-electron chi connectivity index (χ1n) is 6.14. The van der Waals surface area contributed by atoms with E-state index in [1.54, 1.807) is 18.2 Å². The molecule has 0 atom stereocenters. The van der Waals surface area contributed by atoms with Gasteiger partial charge in [0.25, 0.3) is 0 Å². The molecule has 6 heteroatoms. The second-order valence-corrected chi connectivity index (χ2v) is 4.55. The first-order chi connectivity index (χ1) is 9.65. The predicted molar refractivity (Wildman–Crippen MR) is 75.5 cm³/mol. The number of benzene rings is 1. The first kappa shape index (κ1) is 14.4. The van der Waals surface area contributed by atoms with Gasteiger partial charge >= 0.3 is 5.91 Å². The molecule has 2 aromatic rings. The normalized spacial score (nSPS) is 10.3. The lowest BCUT2D eigenvalue weighted by Crippen LogP contribution is -2.30. The van der Waals surface area contributed by atoms with Crippen molar-refractivity contribution in [1.82, 2.24) is 5.43 Å². The third-order valence-electron chi connectivity index (χ3n) is 2.88. The maximum atomic E-state index is 11.4. The molecule has 1 amide bonds. The van der Waals surface area contributed by atoms with E-state index in [4.69, 9.17) is 26.6 Å². The van der Waals surface area contributed by atoms with Gasteiger partial charge in [-0.05, 0) is 36.2 Å². The van der Waals surface area contributed by atoms with Crippen LogP contribution in [0.1, 0.15) is 28.6 Å². The highest BCUT2D eigenvalue weighted by Gasteiger charge is 2.14. The molecule has 106 valence electrons. The van der Waals surface area contributed by atoms with Crippen LogP contribution in [-0.2, 0) is 13.0 Å². The van der Waals surface area contributed by atoms with Gasteiger partial charge in [-0.3, -0.25) is 10.2 Å². The predicted octanol–water partition coefficient (Wildman–Crippen LogP) is 2.68. The zero-order valence-electron chi connectivity index (χ0n) is 11.0. The van der Waals surface area contributed by atoms with Crippen molar-refractivity contribution in [1.29, 1.82) is 0 Å². The van der Waals surface area contributed by atoms with Crippen molar-refractivity contribution in [3.63, 3.8) is 0 Å². The molecule has 0 fully saturated rings. The molecule has 0 saturated carbocycles. The van der Waals surface area contributed by atoms with E-state index in [1.165, 1.54) is 6.26 Å². The molecule has 1 heterocycles. The number of hydrazine groups is 1. The van der Waals surface area contributed by atoms with Crippen LogP contribution < -0.4 is 16.0 Å². The Morgan fingerprint density at radius 3 is 2.90 bits per heavy atom. The molecule has 5 nitrogen and oxygen atoms in total. The van der Waals surface area contributed by atoms with Crippen LogP contribution in [0, 0.1) is 0 Å². The standard InChI is InChI=1S/C14H15ClN2O3/c1-2-9-7-11(3-4-12(9)15)20-8-10-5-6-19-13(10)14(18)17-16/h3-7H,2,8,16H2,1H3,(H,17,18). The lowest BCUT2D eigenvalue weighted by molar-refractivity contribution is 0.0922. The molecule has 2 rings (SSSR count). The molecular weight excluding hydrogens is 280 g/mol. The molecular formula is C14H15ClN2O3. The van der Waals surface area contributed by atoms with Crippen LogP contribution in [0.2, 0.25) is 5.02 Å². The number of furan rings is 1. The van der Waals surface area contributed by atoms with Crippen molar-refractivity contribution in [3.8, 4) is 5.75 Å². The minimum absolute atomic E-state index is 0.150. The van der Waals surface area contributed by atoms with Crippen LogP contribution >= 0.6 is 11.6 Å². The van der Waals surface area contributed by atoms with Crippen LogP contribution in [0.4, 0.5) is 0 Å². The fraction of sp³-hybridized carbons (Fsp3) is 0.214. The lowest BCUT2D eigenvalue weighted by Gasteiger charge is -2.08. The van der Waals surface area contributed by atoms with Crippen LogP contribution in [0.15, 0.2) is 34.9 Å².